The van der Waals surface area contributed by atoms with Gasteiger partial charge in [0, 0.05) is 13.1 Å². The fraction of sp³-hybridized carbons (Fsp3) is 0.571. The van der Waals surface area contributed by atoms with Gasteiger partial charge in [0.1, 0.15) is 6.04 Å². The maximum Gasteiger partial charge on any atom is 0.261 e. The number of hydrogen-bond acceptors (Lipinski definition) is 4. The molecule has 0 aliphatic heterocycles. The zero-order valence-corrected chi connectivity index (χ0v) is 13.1. The van der Waals surface area contributed by atoms with Gasteiger partial charge in [0.05, 0.1) is 4.88 Å². The molecule has 0 aliphatic carbocycles. The molecule has 0 radical (unpaired) electrons. The Labute approximate surface area is 124 Å². The van der Waals surface area contributed by atoms with Gasteiger partial charge in [0.15, 0.2) is 0 Å². The maximum absolute atomic E-state index is 11.9. The molecule has 6 heteroatoms. The van der Waals surface area contributed by atoms with Crippen molar-refractivity contribution < 1.29 is 9.59 Å². The second kappa shape index (κ2) is 8.71. The molecule has 2 N–H and O–H groups in total. The lowest BCUT2D eigenvalue weighted by molar-refractivity contribution is -0.122. The van der Waals surface area contributed by atoms with Gasteiger partial charge in [-0.3, -0.25) is 9.59 Å². The molecule has 5 nitrogen and oxygen atoms in total. The Kier molecular flexibility index (Phi) is 7.25. The van der Waals surface area contributed by atoms with E-state index >= 15 is 0 Å². The number of likely N-dealkylation sites (N-methyl/N-ethyl adjacent to an activating group) is 1. The SMILES string of the molecule is CCN(CC)CCNC(=O)C(C)NC(=O)c1cccs1. The van der Waals surface area contributed by atoms with Gasteiger partial charge in [0.2, 0.25) is 5.91 Å². The van der Waals surface area contributed by atoms with Crippen LogP contribution in [-0.4, -0.2) is 48.9 Å². The molecule has 2 amide bonds. The highest BCUT2D eigenvalue weighted by molar-refractivity contribution is 7.12. The molecule has 0 saturated heterocycles. The van der Waals surface area contributed by atoms with E-state index in [4.69, 9.17) is 0 Å². The van der Waals surface area contributed by atoms with Crippen LogP contribution >= 0.6 is 11.3 Å². The summed E-state index contributed by atoms with van der Waals surface area (Å²) >= 11 is 1.36. The van der Waals surface area contributed by atoms with E-state index in [-0.39, 0.29) is 11.8 Å². The van der Waals surface area contributed by atoms with E-state index in [0.29, 0.717) is 11.4 Å². The van der Waals surface area contributed by atoms with Crippen LogP contribution in [0.15, 0.2) is 17.5 Å². The zero-order chi connectivity index (χ0) is 15.0. The molecule has 0 saturated carbocycles. The normalized spacial score (nSPS) is 12.2. The van der Waals surface area contributed by atoms with E-state index in [1.807, 2.05) is 11.4 Å². The smallest absolute Gasteiger partial charge is 0.261 e. The minimum atomic E-state index is -0.527. The Hall–Kier alpha value is -1.40. The van der Waals surface area contributed by atoms with E-state index in [0.717, 1.165) is 19.6 Å². The van der Waals surface area contributed by atoms with Gasteiger partial charge in [-0.1, -0.05) is 19.9 Å². The Balaban J connectivity index is 2.30. The minimum Gasteiger partial charge on any atom is -0.353 e. The van der Waals surface area contributed by atoms with Crippen LogP contribution in [0.4, 0.5) is 0 Å². The van der Waals surface area contributed by atoms with Crippen LogP contribution in [0.25, 0.3) is 0 Å². The molecule has 112 valence electrons. The standard InChI is InChI=1S/C14H23N3O2S/c1-4-17(5-2)9-8-15-13(18)11(3)16-14(19)12-7-6-10-20-12/h6-7,10-11H,4-5,8-9H2,1-3H3,(H,15,18)(H,16,19). The average Bonchev–Trinajstić information content (AvgIpc) is 2.97. The Morgan fingerprint density at radius 2 is 2.05 bits per heavy atom. The van der Waals surface area contributed by atoms with Crippen molar-refractivity contribution in [3.05, 3.63) is 22.4 Å². The third-order valence-corrected chi connectivity index (χ3v) is 3.98. The van der Waals surface area contributed by atoms with Gasteiger partial charge in [-0.05, 0) is 31.5 Å². The third-order valence-electron chi connectivity index (χ3n) is 3.11. The van der Waals surface area contributed by atoms with Crippen LogP contribution in [-0.2, 0) is 4.79 Å². The van der Waals surface area contributed by atoms with E-state index in [1.165, 1.54) is 11.3 Å². The van der Waals surface area contributed by atoms with Crippen LogP contribution in [0.2, 0.25) is 0 Å². The van der Waals surface area contributed by atoms with E-state index in [9.17, 15) is 9.59 Å². The van der Waals surface area contributed by atoms with Crippen molar-refractivity contribution >= 4 is 23.2 Å². The first-order chi connectivity index (χ1) is 9.58. The molecule has 1 heterocycles. The fourth-order valence-corrected chi connectivity index (χ4v) is 2.40. The second-order valence-electron chi connectivity index (χ2n) is 4.49. The molecule has 0 fully saturated rings. The lowest BCUT2D eigenvalue weighted by atomic mass is 10.3. The quantitative estimate of drug-likeness (QED) is 0.761. The summed E-state index contributed by atoms with van der Waals surface area (Å²) in [6, 6.07) is 3.03. The summed E-state index contributed by atoms with van der Waals surface area (Å²) in [7, 11) is 0. The minimum absolute atomic E-state index is 0.151. The van der Waals surface area contributed by atoms with Crippen LogP contribution in [0, 0.1) is 0 Å². The molecule has 1 aromatic rings. The number of nitrogens with zero attached hydrogens (tertiary/aromatic N) is 1. The largest absolute Gasteiger partial charge is 0.353 e. The molecule has 0 aromatic carbocycles. The van der Waals surface area contributed by atoms with Gasteiger partial charge >= 0.3 is 0 Å². The summed E-state index contributed by atoms with van der Waals surface area (Å²) < 4.78 is 0. The number of rotatable bonds is 8. The van der Waals surface area contributed by atoms with E-state index < -0.39 is 6.04 Å². The molecule has 20 heavy (non-hydrogen) atoms. The van der Waals surface area contributed by atoms with E-state index in [1.54, 1.807) is 13.0 Å². The first-order valence-corrected chi connectivity index (χ1v) is 7.80. The highest BCUT2D eigenvalue weighted by atomic mass is 32.1. The number of carbonyl (C=O) groups is 2. The van der Waals surface area contributed by atoms with Crippen molar-refractivity contribution in [2.45, 2.75) is 26.8 Å². The van der Waals surface area contributed by atoms with Gasteiger partial charge in [-0.2, -0.15) is 0 Å². The fourth-order valence-electron chi connectivity index (χ4n) is 1.77. The molecule has 1 atom stereocenters. The summed E-state index contributed by atoms with van der Waals surface area (Å²) in [5, 5.41) is 7.37. The van der Waals surface area contributed by atoms with Crippen molar-refractivity contribution in [2.24, 2.45) is 0 Å². The van der Waals surface area contributed by atoms with Gasteiger partial charge < -0.3 is 15.5 Å². The summed E-state index contributed by atoms with van der Waals surface area (Å²) in [6.07, 6.45) is 0. The Morgan fingerprint density at radius 3 is 2.60 bits per heavy atom. The highest BCUT2D eigenvalue weighted by Crippen LogP contribution is 2.07. The van der Waals surface area contributed by atoms with Crippen molar-refractivity contribution in [1.29, 1.82) is 0 Å². The summed E-state index contributed by atoms with van der Waals surface area (Å²) in [5.74, 6) is -0.353. The maximum atomic E-state index is 11.9. The zero-order valence-electron chi connectivity index (χ0n) is 12.3. The number of thiophene rings is 1. The predicted molar refractivity (Wildman–Crippen MR) is 82.0 cm³/mol. The van der Waals surface area contributed by atoms with Gasteiger partial charge in [-0.25, -0.2) is 0 Å². The first kappa shape index (κ1) is 16.7. The van der Waals surface area contributed by atoms with Crippen molar-refractivity contribution in [3.8, 4) is 0 Å². The number of amides is 2. The first-order valence-electron chi connectivity index (χ1n) is 6.92. The van der Waals surface area contributed by atoms with Crippen LogP contribution in [0.1, 0.15) is 30.4 Å². The van der Waals surface area contributed by atoms with Crippen LogP contribution in [0.5, 0.6) is 0 Å². The number of hydrogen-bond donors (Lipinski definition) is 2. The average molecular weight is 297 g/mol. The summed E-state index contributed by atoms with van der Waals surface area (Å²) in [5.41, 5.74) is 0. The van der Waals surface area contributed by atoms with Crippen molar-refractivity contribution in [1.82, 2.24) is 15.5 Å². The molecule has 1 rings (SSSR count). The van der Waals surface area contributed by atoms with Crippen LogP contribution < -0.4 is 10.6 Å². The lowest BCUT2D eigenvalue weighted by Gasteiger charge is -2.19. The third kappa shape index (κ3) is 5.30. The van der Waals surface area contributed by atoms with Crippen molar-refractivity contribution in [3.63, 3.8) is 0 Å². The van der Waals surface area contributed by atoms with E-state index in [2.05, 4.69) is 29.4 Å². The monoisotopic (exact) mass is 297 g/mol. The molecule has 0 spiro atoms. The number of carbonyl (C=O) groups excluding carboxylic acids is 2. The highest BCUT2D eigenvalue weighted by Gasteiger charge is 2.16. The lowest BCUT2D eigenvalue weighted by Crippen LogP contribution is -2.46. The molecular weight excluding hydrogens is 274 g/mol. The summed E-state index contributed by atoms with van der Waals surface area (Å²) in [6.45, 7) is 9.24. The summed E-state index contributed by atoms with van der Waals surface area (Å²) in [4.78, 5) is 26.5. The van der Waals surface area contributed by atoms with Gasteiger partial charge in [0.25, 0.3) is 5.91 Å². The molecule has 0 aliphatic rings. The van der Waals surface area contributed by atoms with Gasteiger partial charge in [-0.15, -0.1) is 11.3 Å². The van der Waals surface area contributed by atoms with Crippen LogP contribution in [0.3, 0.4) is 0 Å². The topological polar surface area (TPSA) is 61.4 Å². The molecule has 1 aromatic heterocycles. The Bertz CT molecular complexity index is 416. The molecular formula is C14H23N3O2S. The Morgan fingerprint density at radius 1 is 1.35 bits per heavy atom. The second-order valence-corrected chi connectivity index (χ2v) is 5.44. The molecule has 1 unspecified atom stereocenters. The molecule has 0 bridgehead atoms. The number of nitrogens with one attached hydrogen (secondary N) is 2. The van der Waals surface area contributed by atoms with Crippen molar-refractivity contribution in [2.75, 3.05) is 26.2 Å². The predicted octanol–water partition coefficient (Wildman–Crippen LogP) is 1.32.